The first kappa shape index (κ1) is 52.7. The van der Waals surface area contributed by atoms with Gasteiger partial charge in [-0.2, -0.15) is 0 Å². The minimum atomic E-state index is 0. The maximum Gasteiger partial charge on any atom is 0.0272 e. The normalized spacial score (nSPS) is 8.55. The Kier molecular flexibility index (Phi) is 119. The molecule has 0 radical (unpaired) electrons. The summed E-state index contributed by atoms with van der Waals surface area (Å²) in [5.74, 6) is 1.02. The van der Waals surface area contributed by atoms with Crippen molar-refractivity contribution >= 4 is 0 Å². The van der Waals surface area contributed by atoms with Crippen molar-refractivity contribution in [3.63, 3.8) is 0 Å². The highest BCUT2D eigenvalue weighted by molar-refractivity contribution is 4.47. The van der Waals surface area contributed by atoms with Crippen LogP contribution in [0.1, 0.15) is 198 Å². The first-order valence-corrected chi connectivity index (χ1v) is 12.6. The van der Waals surface area contributed by atoms with Crippen LogP contribution in [0.25, 0.3) is 0 Å². The molecule has 0 saturated carbocycles. The monoisotopic (exact) mass is 454 g/mol. The van der Waals surface area contributed by atoms with Crippen LogP contribution in [0.3, 0.4) is 0 Å². The van der Waals surface area contributed by atoms with Crippen molar-refractivity contribution in [3.8, 4) is 0 Å². The van der Waals surface area contributed by atoms with Crippen molar-refractivity contribution in [3.05, 3.63) is 0 Å². The standard InChI is InChI=1S/C7H16.4C5H12.4CH4/c1-6(2)5-7(3)4;4*1-3-5-4-2;;;;/h6-7H,5H2,1-4H3;4*3-5H2,1-2H3;4*1H4/i5D;;;;;;;;. The van der Waals surface area contributed by atoms with E-state index in [-0.39, 0.29) is 36.1 Å². The molecule has 0 aromatic rings. The lowest BCUT2D eigenvalue weighted by molar-refractivity contribution is 0.469. The topological polar surface area (TPSA) is 0 Å². The highest BCUT2D eigenvalue weighted by Crippen LogP contribution is 2.08. The van der Waals surface area contributed by atoms with Gasteiger partial charge in [-0.25, -0.2) is 0 Å². The lowest BCUT2D eigenvalue weighted by atomic mass is 10.0. The molecule has 0 saturated heterocycles. The lowest BCUT2D eigenvalue weighted by Gasteiger charge is -2.05. The summed E-state index contributed by atoms with van der Waals surface area (Å²) in [5.41, 5.74) is 0. The Morgan fingerprint density at radius 1 is 0.387 bits per heavy atom. The van der Waals surface area contributed by atoms with E-state index >= 15 is 0 Å². The van der Waals surface area contributed by atoms with Crippen molar-refractivity contribution in [2.45, 2.75) is 196 Å². The molecule has 0 aliphatic carbocycles. The van der Waals surface area contributed by atoms with E-state index < -0.39 is 0 Å². The molecule has 31 heavy (non-hydrogen) atoms. The van der Waals surface area contributed by atoms with E-state index in [0.717, 1.165) is 0 Å². The van der Waals surface area contributed by atoms with E-state index in [0.29, 0.717) is 11.8 Å². The number of rotatable bonds is 10. The van der Waals surface area contributed by atoms with E-state index in [1.54, 1.807) is 0 Å². The van der Waals surface area contributed by atoms with Crippen LogP contribution in [0.15, 0.2) is 0 Å². The first-order valence-electron chi connectivity index (χ1n) is 13.2. The fourth-order valence-electron chi connectivity index (χ4n) is 2.18. The summed E-state index contributed by atoms with van der Waals surface area (Å²) in [6.07, 6.45) is 16.4. The predicted octanol–water partition coefficient (Wildman–Crippen LogP) is 14.0. The molecule has 0 heteroatoms. The Morgan fingerprint density at radius 2 is 0.516 bits per heavy atom. The summed E-state index contributed by atoms with van der Waals surface area (Å²) in [6, 6.07) is 0. The molecule has 0 aliphatic rings. The maximum absolute atomic E-state index is 7.48. The van der Waals surface area contributed by atoms with E-state index in [2.05, 4.69) is 83.1 Å². The van der Waals surface area contributed by atoms with Crippen LogP contribution in [0, 0.1) is 11.8 Å². The van der Waals surface area contributed by atoms with E-state index in [1.807, 2.05) is 0 Å². The van der Waals surface area contributed by atoms with Crippen LogP contribution in [0.4, 0.5) is 0 Å². The zero-order valence-electron chi connectivity index (χ0n) is 23.2. The van der Waals surface area contributed by atoms with Crippen LogP contribution in [-0.4, -0.2) is 0 Å². The summed E-state index contributed by atoms with van der Waals surface area (Å²) < 4.78 is 7.48. The Morgan fingerprint density at radius 3 is 0.516 bits per heavy atom. The molecule has 0 unspecified atom stereocenters. The van der Waals surface area contributed by atoms with Crippen molar-refractivity contribution < 1.29 is 1.37 Å². The highest BCUT2D eigenvalue weighted by atomic mass is 14.0. The number of hydrogen-bond acceptors (Lipinski definition) is 0. The van der Waals surface area contributed by atoms with Gasteiger partial charge < -0.3 is 0 Å². The first-order chi connectivity index (χ1) is 13.2. The molecular weight excluding hydrogens is 372 g/mol. The molecule has 0 N–H and O–H groups in total. The fourth-order valence-corrected chi connectivity index (χ4v) is 2.18. The Labute approximate surface area is 209 Å². The van der Waals surface area contributed by atoms with Gasteiger partial charge in [-0.15, -0.1) is 0 Å². The van der Waals surface area contributed by atoms with Gasteiger partial charge in [0.25, 0.3) is 0 Å². The molecule has 0 aliphatic heterocycles. The second-order valence-electron chi connectivity index (χ2n) is 8.09. The molecular formula is C31H80. The smallest absolute Gasteiger partial charge is 0.0272 e. The van der Waals surface area contributed by atoms with Gasteiger partial charge >= 0.3 is 0 Å². The van der Waals surface area contributed by atoms with Crippen LogP contribution in [-0.2, 0) is 0 Å². The zero-order chi connectivity index (χ0) is 23.2. The summed E-state index contributed by atoms with van der Waals surface area (Å²) in [4.78, 5) is 0. The minimum Gasteiger partial charge on any atom is -0.0776 e. The SMILES string of the molecule is C.C.C.C.CCCCC.CCCCC.CCCCC.CCCCC.[2H]C(C(C)C)C(C)C. The third-order valence-corrected chi connectivity index (χ3v) is 3.60. The molecule has 0 atom stereocenters. The van der Waals surface area contributed by atoms with Crippen molar-refractivity contribution in [1.82, 2.24) is 0 Å². The van der Waals surface area contributed by atoms with Crippen molar-refractivity contribution in [1.29, 1.82) is 0 Å². The van der Waals surface area contributed by atoms with Gasteiger partial charge in [0.1, 0.15) is 0 Å². The van der Waals surface area contributed by atoms with E-state index in [9.17, 15) is 0 Å². The van der Waals surface area contributed by atoms with Crippen molar-refractivity contribution in [2.24, 2.45) is 11.8 Å². The van der Waals surface area contributed by atoms with Gasteiger partial charge in [-0.1, -0.05) is 190 Å². The van der Waals surface area contributed by atoms with Gasteiger partial charge in [0, 0.05) is 1.37 Å². The van der Waals surface area contributed by atoms with Crippen LogP contribution >= 0.6 is 0 Å². The molecule has 0 spiro atoms. The molecule has 0 amide bonds. The second-order valence-corrected chi connectivity index (χ2v) is 8.09. The largest absolute Gasteiger partial charge is 0.0776 e. The molecule has 0 aromatic carbocycles. The molecule has 0 fully saturated rings. The fraction of sp³-hybridized carbons (Fsp3) is 1.00. The number of hydrogen-bond donors (Lipinski definition) is 0. The summed E-state index contributed by atoms with van der Waals surface area (Å²) in [6.45, 7) is 26.1. The third kappa shape index (κ3) is 163. The van der Waals surface area contributed by atoms with Gasteiger partial charge in [0.15, 0.2) is 0 Å². The van der Waals surface area contributed by atoms with Gasteiger partial charge in [-0.05, 0) is 18.2 Å². The van der Waals surface area contributed by atoms with Crippen molar-refractivity contribution in [2.75, 3.05) is 0 Å². The van der Waals surface area contributed by atoms with Crippen LogP contribution in [0.2, 0.25) is 0 Å². The van der Waals surface area contributed by atoms with Gasteiger partial charge in [0.2, 0.25) is 0 Å². The summed E-state index contributed by atoms with van der Waals surface area (Å²) in [5, 5.41) is 0. The third-order valence-electron chi connectivity index (χ3n) is 3.60. The zero-order valence-corrected chi connectivity index (χ0v) is 22.2. The molecule has 0 rings (SSSR count). The quantitative estimate of drug-likeness (QED) is 0.308. The predicted molar refractivity (Wildman–Crippen MR) is 162 cm³/mol. The summed E-state index contributed by atoms with van der Waals surface area (Å²) in [7, 11) is 0. The Bertz CT molecular complexity index is 147. The molecule has 204 valence electrons. The summed E-state index contributed by atoms with van der Waals surface area (Å²) >= 11 is 0. The highest BCUT2D eigenvalue weighted by Gasteiger charge is 1.95. The minimum absolute atomic E-state index is 0. The molecule has 0 aromatic heterocycles. The molecule has 0 bridgehead atoms. The molecule has 0 nitrogen and oxygen atoms in total. The van der Waals surface area contributed by atoms with Crippen LogP contribution in [0.5, 0.6) is 0 Å². The van der Waals surface area contributed by atoms with Gasteiger partial charge in [0.05, 0.1) is 0 Å². The Balaban J connectivity index is -0.0000000291. The average Bonchev–Trinajstić information content (AvgIpc) is 2.65. The number of unbranched alkanes of at least 4 members (excludes halogenated alkanes) is 8. The van der Waals surface area contributed by atoms with Gasteiger partial charge in [-0.3, -0.25) is 0 Å². The van der Waals surface area contributed by atoms with E-state index in [4.69, 9.17) is 1.37 Å². The Hall–Kier alpha value is 0. The lowest BCUT2D eigenvalue weighted by Crippen LogP contribution is -1.93. The van der Waals surface area contributed by atoms with Crippen LogP contribution < -0.4 is 0 Å². The average molecular weight is 454 g/mol. The molecule has 0 heterocycles. The second kappa shape index (κ2) is 69.9. The maximum atomic E-state index is 7.48. The van der Waals surface area contributed by atoms with E-state index in [1.165, 1.54) is 77.0 Å².